The zero-order valence-corrected chi connectivity index (χ0v) is 17.1. The number of urea groups is 1. The highest BCUT2D eigenvalue weighted by atomic mass is 32.1. The van der Waals surface area contributed by atoms with Crippen LogP contribution >= 0.6 is 11.3 Å². The summed E-state index contributed by atoms with van der Waals surface area (Å²) in [6.07, 6.45) is 5.36. The largest absolute Gasteiger partial charge is 0.377 e. The predicted molar refractivity (Wildman–Crippen MR) is 109 cm³/mol. The standard InChI is InChI=1S/C18H17FN8O2S/c1-9(29-3)14-13(8-21-17-15(14)24-10(2)30-17)26-18(28)25-11-6-12(19)16(20-7-11)27-22-4-5-23-27/h4-9H,1-3H3,(H2,25,26,28)/t9-/m1/s1. The number of nitrogens with zero attached hydrogens (tertiary/aromatic N) is 6. The second kappa shape index (κ2) is 8.08. The van der Waals surface area contributed by atoms with Crippen LogP contribution in [-0.2, 0) is 4.74 Å². The van der Waals surface area contributed by atoms with Gasteiger partial charge in [-0.15, -0.1) is 4.80 Å². The van der Waals surface area contributed by atoms with Crippen molar-refractivity contribution in [1.82, 2.24) is 29.9 Å². The minimum atomic E-state index is -0.682. The third-order valence-electron chi connectivity index (χ3n) is 4.27. The Labute approximate surface area is 174 Å². The van der Waals surface area contributed by atoms with E-state index in [0.29, 0.717) is 16.8 Å². The zero-order valence-electron chi connectivity index (χ0n) is 16.3. The lowest BCUT2D eigenvalue weighted by molar-refractivity contribution is 0.121. The SMILES string of the molecule is CO[C@H](C)c1c(NC(=O)Nc2cnc(-n3nccn3)c(F)c2)cnc2sc(C)nc12. The molecular formula is C18H17FN8O2S. The van der Waals surface area contributed by atoms with E-state index in [9.17, 15) is 9.18 Å². The number of amides is 2. The van der Waals surface area contributed by atoms with Gasteiger partial charge in [-0.2, -0.15) is 10.2 Å². The molecule has 4 aromatic heterocycles. The first-order chi connectivity index (χ1) is 14.5. The molecule has 0 aromatic carbocycles. The molecule has 4 rings (SSSR count). The van der Waals surface area contributed by atoms with Crippen molar-refractivity contribution in [3.63, 3.8) is 0 Å². The van der Waals surface area contributed by atoms with Crippen LogP contribution in [0.5, 0.6) is 0 Å². The van der Waals surface area contributed by atoms with Crippen molar-refractivity contribution >= 4 is 39.1 Å². The van der Waals surface area contributed by atoms with Gasteiger partial charge in [-0.1, -0.05) is 11.3 Å². The van der Waals surface area contributed by atoms with Crippen LogP contribution in [0, 0.1) is 12.7 Å². The number of halogens is 1. The monoisotopic (exact) mass is 428 g/mol. The van der Waals surface area contributed by atoms with Crippen LogP contribution in [-0.4, -0.2) is 43.1 Å². The lowest BCUT2D eigenvalue weighted by Crippen LogP contribution is -2.21. The number of anilines is 2. The highest BCUT2D eigenvalue weighted by Gasteiger charge is 2.20. The molecule has 0 saturated carbocycles. The molecule has 0 radical (unpaired) electrons. The van der Waals surface area contributed by atoms with Gasteiger partial charge in [-0.25, -0.2) is 24.1 Å². The van der Waals surface area contributed by atoms with Crippen molar-refractivity contribution < 1.29 is 13.9 Å². The molecule has 154 valence electrons. The molecule has 12 heteroatoms. The Hall–Kier alpha value is -3.51. The summed E-state index contributed by atoms with van der Waals surface area (Å²) >= 11 is 1.46. The third kappa shape index (κ3) is 3.82. The van der Waals surface area contributed by atoms with E-state index in [1.54, 1.807) is 13.3 Å². The lowest BCUT2D eigenvalue weighted by atomic mass is 10.1. The molecule has 0 spiro atoms. The van der Waals surface area contributed by atoms with E-state index >= 15 is 0 Å². The van der Waals surface area contributed by atoms with E-state index < -0.39 is 11.8 Å². The maximum absolute atomic E-state index is 14.3. The zero-order chi connectivity index (χ0) is 21.3. The quantitative estimate of drug-likeness (QED) is 0.499. The molecule has 30 heavy (non-hydrogen) atoms. The van der Waals surface area contributed by atoms with Crippen molar-refractivity contribution in [1.29, 1.82) is 0 Å². The highest BCUT2D eigenvalue weighted by Crippen LogP contribution is 2.33. The van der Waals surface area contributed by atoms with Gasteiger partial charge in [0.2, 0.25) is 5.82 Å². The van der Waals surface area contributed by atoms with Gasteiger partial charge in [0, 0.05) is 18.7 Å². The Morgan fingerprint density at radius 3 is 2.70 bits per heavy atom. The fourth-order valence-corrected chi connectivity index (χ4v) is 3.66. The van der Waals surface area contributed by atoms with E-state index in [1.807, 2.05) is 13.8 Å². The molecule has 0 bridgehead atoms. The molecule has 0 fully saturated rings. The number of thiazole rings is 1. The summed E-state index contributed by atoms with van der Waals surface area (Å²) in [6.45, 7) is 3.74. The van der Waals surface area contributed by atoms with Gasteiger partial charge in [0.1, 0.15) is 10.3 Å². The summed E-state index contributed by atoms with van der Waals surface area (Å²) in [7, 11) is 1.57. The van der Waals surface area contributed by atoms with E-state index in [2.05, 4.69) is 35.8 Å². The summed E-state index contributed by atoms with van der Waals surface area (Å²) < 4.78 is 19.8. The number of methoxy groups -OCH3 is 1. The van der Waals surface area contributed by atoms with Gasteiger partial charge in [0.15, 0.2) is 5.82 Å². The molecule has 0 aliphatic carbocycles. The average molecular weight is 428 g/mol. The maximum Gasteiger partial charge on any atom is 0.323 e. The van der Waals surface area contributed by atoms with Crippen LogP contribution in [0.25, 0.3) is 16.2 Å². The Morgan fingerprint density at radius 1 is 1.23 bits per heavy atom. The van der Waals surface area contributed by atoms with Crippen LogP contribution < -0.4 is 10.6 Å². The van der Waals surface area contributed by atoms with Crippen LogP contribution in [0.4, 0.5) is 20.6 Å². The molecule has 2 N–H and O–H groups in total. The molecule has 10 nitrogen and oxygen atoms in total. The van der Waals surface area contributed by atoms with Crippen LogP contribution in [0.3, 0.4) is 0 Å². The molecular weight excluding hydrogens is 411 g/mol. The van der Waals surface area contributed by atoms with Gasteiger partial charge in [-0.3, -0.25) is 0 Å². The van der Waals surface area contributed by atoms with Crippen molar-refractivity contribution in [2.45, 2.75) is 20.0 Å². The number of aromatic nitrogens is 6. The second-order valence-electron chi connectivity index (χ2n) is 6.28. The fraction of sp³-hybridized carbons (Fsp3) is 0.222. The number of carbonyl (C=O) groups is 1. The normalized spacial score (nSPS) is 12.1. The van der Waals surface area contributed by atoms with Crippen LogP contribution in [0.2, 0.25) is 0 Å². The first-order valence-corrected chi connectivity index (χ1v) is 9.67. The smallest absolute Gasteiger partial charge is 0.323 e. The van der Waals surface area contributed by atoms with Gasteiger partial charge in [0.05, 0.1) is 47.3 Å². The first kappa shape index (κ1) is 19.8. The van der Waals surface area contributed by atoms with Gasteiger partial charge >= 0.3 is 6.03 Å². The molecule has 4 aromatic rings. The lowest BCUT2D eigenvalue weighted by Gasteiger charge is -2.16. The number of hydrogen-bond acceptors (Lipinski definition) is 8. The minimum absolute atomic E-state index is 0.0734. The summed E-state index contributed by atoms with van der Waals surface area (Å²) in [5, 5.41) is 13.8. The molecule has 1 atom stereocenters. The average Bonchev–Trinajstić information content (AvgIpc) is 3.36. The van der Waals surface area contributed by atoms with E-state index in [0.717, 1.165) is 20.7 Å². The Balaban J connectivity index is 1.57. The molecule has 0 unspecified atom stereocenters. The van der Waals surface area contributed by atoms with E-state index in [4.69, 9.17) is 4.74 Å². The van der Waals surface area contributed by atoms with Crippen molar-refractivity contribution in [2.24, 2.45) is 0 Å². The van der Waals surface area contributed by atoms with E-state index in [-0.39, 0.29) is 17.6 Å². The van der Waals surface area contributed by atoms with Gasteiger partial charge in [-0.05, 0) is 13.8 Å². The molecule has 0 saturated heterocycles. The molecule has 2 amide bonds. The topological polar surface area (TPSA) is 120 Å². The minimum Gasteiger partial charge on any atom is -0.377 e. The van der Waals surface area contributed by atoms with Crippen molar-refractivity contribution in [3.05, 3.63) is 47.2 Å². The Kier molecular flexibility index (Phi) is 5.33. The van der Waals surface area contributed by atoms with Crippen molar-refractivity contribution in [2.75, 3.05) is 17.7 Å². The van der Waals surface area contributed by atoms with Gasteiger partial charge < -0.3 is 15.4 Å². The van der Waals surface area contributed by atoms with Crippen LogP contribution in [0.1, 0.15) is 23.6 Å². The molecule has 4 heterocycles. The fourth-order valence-electron chi connectivity index (χ4n) is 2.88. The third-order valence-corrected chi connectivity index (χ3v) is 5.15. The second-order valence-corrected chi connectivity index (χ2v) is 7.46. The summed E-state index contributed by atoms with van der Waals surface area (Å²) in [5.74, 6) is -0.755. The molecule has 0 aliphatic heterocycles. The van der Waals surface area contributed by atoms with Gasteiger partial charge in [0.25, 0.3) is 0 Å². The van der Waals surface area contributed by atoms with Crippen molar-refractivity contribution in [3.8, 4) is 5.82 Å². The predicted octanol–water partition coefficient (Wildman–Crippen LogP) is 3.47. The number of nitrogens with one attached hydrogen (secondary N) is 2. The first-order valence-electron chi connectivity index (χ1n) is 8.85. The van der Waals surface area contributed by atoms with Crippen LogP contribution in [0.15, 0.2) is 30.9 Å². The number of pyridine rings is 2. The summed E-state index contributed by atoms with van der Waals surface area (Å²) in [6, 6.07) is 0.550. The number of fused-ring (bicyclic) bond motifs is 1. The van der Waals surface area contributed by atoms with E-state index in [1.165, 1.54) is 29.9 Å². The summed E-state index contributed by atoms with van der Waals surface area (Å²) in [5.41, 5.74) is 2.01. The number of rotatable bonds is 5. The Morgan fingerprint density at radius 2 is 2.00 bits per heavy atom. The number of hydrogen-bond donors (Lipinski definition) is 2. The highest BCUT2D eigenvalue weighted by molar-refractivity contribution is 7.18. The Bertz CT molecular complexity index is 1210. The number of carbonyl (C=O) groups excluding carboxylic acids is 1. The number of ether oxygens (including phenoxy) is 1. The number of aryl methyl sites for hydroxylation is 1. The summed E-state index contributed by atoms with van der Waals surface area (Å²) in [4.78, 5) is 27.2. The maximum atomic E-state index is 14.3. The molecule has 0 aliphatic rings.